The lowest BCUT2D eigenvalue weighted by molar-refractivity contribution is 0.312. The molecule has 0 aliphatic rings. The van der Waals surface area contributed by atoms with E-state index >= 15 is 0 Å². The molecule has 0 radical (unpaired) electrons. The van der Waals surface area contributed by atoms with Crippen LogP contribution < -0.4 is 4.72 Å². The first-order valence-corrected chi connectivity index (χ1v) is 11.6. The highest BCUT2D eigenvalue weighted by molar-refractivity contribution is 7.90. The molecule has 144 valence electrons. The topological polar surface area (TPSA) is 119 Å². The van der Waals surface area contributed by atoms with Gasteiger partial charge in [0.05, 0.1) is 5.75 Å². The van der Waals surface area contributed by atoms with Gasteiger partial charge in [0.15, 0.2) is 0 Å². The molecule has 8 nitrogen and oxygen atoms in total. The molecular formula is C16H23N3O5S2. The molecule has 1 aromatic carbocycles. The van der Waals surface area contributed by atoms with Gasteiger partial charge in [-0.05, 0) is 18.4 Å². The number of sulfone groups is 1. The van der Waals surface area contributed by atoms with Gasteiger partial charge in [0.2, 0.25) is 25.8 Å². The Bertz CT molecular complexity index is 967. The van der Waals surface area contributed by atoms with Gasteiger partial charge in [0.1, 0.15) is 6.04 Å². The van der Waals surface area contributed by atoms with Crippen LogP contribution in [-0.4, -0.2) is 33.3 Å². The zero-order valence-electron chi connectivity index (χ0n) is 15.1. The van der Waals surface area contributed by atoms with Crippen LogP contribution in [0.3, 0.4) is 0 Å². The van der Waals surface area contributed by atoms with Crippen LogP contribution in [0.2, 0.25) is 0 Å². The molecule has 2 atom stereocenters. The van der Waals surface area contributed by atoms with Crippen LogP contribution in [0.15, 0.2) is 33.9 Å². The van der Waals surface area contributed by atoms with E-state index in [1.54, 1.807) is 18.2 Å². The van der Waals surface area contributed by atoms with E-state index in [1.807, 2.05) is 26.8 Å². The molecule has 0 aliphatic carbocycles. The molecule has 0 unspecified atom stereocenters. The van der Waals surface area contributed by atoms with Crippen LogP contribution in [0.4, 0.5) is 0 Å². The molecule has 0 bridgehead atoms. The van der Waals surface area contributed by atoms with Crippen molar-refractivity contribution in [3.8, 4) is 0 Å². The van der Waals surface area contributed by atoms with E-state index in [0.717, 1.165) is 11.8 Å². The number of hydrogen-bond acceptors (Lipinski definition) is 7. The first-order chi connectivity index (χ1) is 12.0. The maximum Gasteiger partial charge on any atom is 0.335 e. The molecule has 1 heterocycles. The van der Waals surface area contributed by atoms with Gasteiger partial charge in [-0.2, -0.15) is 0 Å². The van der Waals surface area contributed by atoms with Crippen LogP contribution in [0, 0.1) is 12.8 Å². The third-order valence-electron chi connectivity index (χ3n) is 3.96. The zero-order chi connectivity index (χ0) is 19.5. The maximum absolute atomic E-state index is 12.6. The summed E-state index contributed by atoms with van der Waals surface area (Å²) in [7, 11) is -7.37. The SMILES string of the molecule is CC[C@@H](C)[C@H](NS(=O)(=O)Cc1cccc(C)c1)c1nnc(S(C)(=O)=O)o1. The van der Waals surface area contributed by atoms with E-state index in [9.17, 15) is 16.8 Å². The first kappa shape index (κ1) is 20.5. The van der Waals surface area contributed by atoms with Gasteiger partial charge in [0, 0.05) is 6.26 Å². The minimum Gasteiger partial charge on any atom is -0.411 e. The van der Waals surface area contributed by atoms with E-state index in [-0.39, 0.29) is 17.6 Å². The average Bonchev–Trinajstić information content (AvgIpc) is 3.01. The van der Waals surface area contributed by atoms with Gasteiger partial charge in [-0.15, -0.1) is 5.10 Å². The highest BCUT2D eigenvalue weighted by Gasteiger charge is 2.30. The van der Waals surface area contributed by atoms with Crippen molar-refractivity contribution >= 4 is 19.9 Å². The molecule has 1 N–H and O–H groups in total. The van der Waals surface area contributed by atoms with Crippen molar-refractivity contribution in [3.63, 3.8) is 0 Å². The smallest absolute Gasteiger partial charge is 0.335 e. The predicted octanol–water partition coefficient (Wildman–Crippen LogP) is 1.99. The fraction of sp³-hybridized carbons (Fsp3) is 0.500. The van der Waals surface area contributed by atoms with Crippen molar-refractivity contribution in [2.24, 2.45) is 5.92 Å². The number of hydrogen-bond donors (Lipinski definition) is 1. The van der Waals surface area contributed by atoms with Gasteiger partial charge < -0.3 is 4.42 Å². The molecule has 0 amide bonds. The molecule has 26 heavy (non-hydrogen) atoms. The summed E-state index contributed by atoms with van der Waals surface area (Å²) in [6, 6.07) is 6.40. The van der Waals surface area contributed by atoms with Crippen LogP contribution in [0.1, 0.15) is 43.3 Å². The van der Waals surface area contributed by atoms with Crippen LogP contribution in [0.25, 0.3) is 0 Å². The largest absolute Gasteiger partial charge is 0.411 e. The Morgan fingerprint density at radius 1 is 1.19 bits per heavy atom. The van der Waals surface area contributed by atoms with Crippen molar-refractivity contribution in [1.82, 2.24) is 14.9 Å². The molecular weight excluding hydrogens is 378 g/mol. The zero-order valence-corrected chi connectivity index (χ0v) is 16.8. The summed E-state index contributed by atoms with van der Waals surface area (Å²) in [4.78, 5) is 0. The third-order valence-corrected chi connectivity index (χ3v) is 6.09. The first-order valence-electron chi connectivity index (χ1n) is 8.11. The summed E-state index contributed by atoms with van der Waals surface area (Å²) in [6.07, 6.45) is 1.58. The van der Waals surface area contributed by atoms with Gasteiger partial charge in [-0.1, -0.05) is 55.2 Å². The lowest BCUT2D eigenvalue weighted by Crippen LogP contribution is -2.33. The van der Waals surface area contributed by atoms with Crippen molar-refractivity contribution in [2.45, 2.75) is 44.2 Å². The van der Waals surface area contributed by atoms with Crippen molar-refractivity contribution in [2.75, 3.05) is 6.26 Å². The second-order valence-electron chi connectivity index (χ2n) is 6.41. The highest BCUT2D eigenvalue weighted by Crippen LogP contribution is 2.26. The van der Waals surface area contributed by atoms with Gasteiger partial charge in [-0.25, -0.2) is 21.6 Å². The number of benzene rings is 1. The number of nitrogens with one attached hydrogen (secondary N) is 1. The summed E-state index contributed by atoms with van der Waals surface area (Å²) < 4.78 is 56.0. The molecule has 0 saturated heterocycles. The van der Waals surface area contributed by atoms with Crippen molar-refractivity contribution < 1.29 is 21.3 Å². The fourth-order valence-corrected chi connectivity index (χ4v) is 4.25. The quantitative estimate of drug-likeness (QED) is 0.718. The highest BCUT2D eigenvalue weighted by atomic mass is 32.2. The standard InChI is InChI=1S/C16H23N3O5S2/c1-5-12(3)14(15-17-18-16(24-15)25(4,20)21)19-26(22,23)10-13-8-6-7-11(2)9-13/h6-9,12,14,19H,5,10H2,1-4H3/t12-,14+/m1/s1. The molecule has 2 rings (SSSR count). The summed E-state index contributed by atoms with van der Waals surface area (Å²) in [6.45, 7) is 5.60. The van der Waals surface area contributed by atoms with Crippen molar-refractivity contribution in [3.05, 3.63) is 41.3 Å². The minimum atomic E-state index is -3.71. The second-order valence-corrected chi connectivity index (χ2v) is 10.1. The lowest BCUT2D eigenvalue weighted by atomic mass is 10.0. The van der Waals surface area contributed by atoms with Gasteiger partial charge in [-0.3, -0.25) is 0 Å². The third kappa shape index (κ3) is 5.36. The average molecular weight is 402 g/mol. The molecule has 0 aliphatic heterocycles. The van der Waals surface area contributed by atoms with E-state index in [4.69, 9.17) is 4.42 Å². The number of rotatable bonds is 8. The van der Waals surface area contributed by atoms with E-state index in [1.165, 1.54) is 0 Å². The summed E-state index contributed by atoms with van der Waals surface area (Å²) in [5.74, 6) is -0.433. The van der Waals surface area contributed by atoms with Crippen LogP contribution in [-0.2, 0) is 25.6 Å². The van der Waals surface area contributed by atoms with Gasteiger partial charge >= 0.3 is 5.22 Å². The number of aryl methyl sites for hydroxylation is 1. The number of aromatic nitrogens is 2. The van der Waals surface area contributed by atoms with Crippen molar-refractivity contribution in [1.29, 1.82) is 0 Å². The Hall–Kier alpha value is -1.78. The Morgan fingerprint density at radius 3 is 2.42 bits per heavy atom. The van der Waals surface area contributed by atoms with Crippen LogP contribution >= 0.6 is 0 Å². The molecule has 1 aromatic heterocycles. The summed E-state index contributed by atoms with van der Waals surface area (Å²) in [5, 5.41) is 6.72. The van der Waals surface area contributed by atoms with Crippen LogP contribution in [0.5, 0.6) is 0 Å². The van der Waals surface area contributed by atoms with E-state index in [0.29, 0.717) is 12.0 Å². The Kier molecular flexibility index (Phi) is 6.20. The molecule has 0 spiro atoms. The van der Waals surface area contributed by atoms with Gasteiger partial charge in [0.25, 0.3) is 0 Å². The number of nitrogens with zero attached hydrogens (tertiary/aromatic N) is 2. The molecule has 10 heteroatoms. The second kappa shape index (κ2) is 7.85. The molecule has 0 fully saturated rings. The fourth-order valence-electron chi connectivity index (χ4n) is 2.40. The maximum atomic E-state index is 12.6. The summed E-state index contributed by atoms with van der Waals surface area (Å²) >= 11 is 0. The minimum absolute atomic E-state index is 0.0624. The number of sulfonamides is 1. The monoisotopic (exact) mass is 401 g/mol. The summed E-state index contributed by atoms with van der Waals surface area (Å²) in [5.41, 5.74) is 1.62. The van der Waals surface area contributed by atoms with E-state index in [2.05, 4.69) is 14.9 Å². The van der Waals surface area contributed by atoms with E-state index < -0.39 is 31.1 Å². The molecule has 0 saturated carbocycles. The molecule has 2 aromatic rings. The Labute approximate surface area is 154 Å². The Morgan fingerprint density at radius 2 is 1.88 bits per heavy atom. The Balaban J connectivity index is 2.28. The normalized spacial score (nSPS) is 14.9. The lowest BCUT2D eigenvalue weighted by Gasteiger charge is -2.21. The predicted molar refractivity (Wildman–Crippen MR) is 96.5 cm³/mol.